The molecule has 2 aromatic heterocycles. The minimum atomic E-state index is -1.26. The molecule has 12 heteroatoms. The van der Waals surface area contributed by atoms with Crippen molar-refractivity contribution >= 4 is 28.5 Å². The minimum absolute atomic E-state index is 0.0193. The predicted molar refractivity (Wildman–Crippen MR) is 153 cm³/mol. The highest BCUT2D eigenvalue weighted by Gasteiger charge is 2.35. The summed E-state index contributed by atoms with van der Waals surface area (Å²) in [4.78, 5) is 32.2. The minimum Gasteiger partial charge on any atom is -0.388 e. The fraction of sp³-hybridized carbons (Fsp3) is 0.367. The highest BCUT2D eigenvalue weighted by atomic mass is 35.5. The Kier molecular flexibility index (Phi) is 7.61. The van der Waals surface area contributed by atoms with Gasteiger partial charge in [0.1, 0.15) is 11.5 Å². The van der Waals surface area contributed by atoms with Gasteiger partial charge in [0.05, 0.1) is 36.3 Å². The number of likely N-dealkylation sites (tertiary alicyclic amines) is 1. The fourth-order valence-corrected chi connectivity index (χ4v) is 5.90. The van der Waals surface area contributed by atoms with Gasteiger partial charge < -0.3 is 20.1 Å². The Bertz CT molecular complexity index is 1690. The summed E-state index contributed by atoms with van der Waals surface area (Å²) in [7, 11) is 0. The van der Waals surface area contributed by atoms with Crippen LogP contribution >= 0.6 is 11.6 Å². The number of hydrogen-bond acceptors (Lipinski definition) is 6. The van der Waals surface area contributed by atoms with Gasteiger partial charge in [-0.15, -0.1) is 0 Å². The van der Waals surface area contributed by atoms with Gasteiger partial charge in [-0.25, -0.2) is 13.8 Å². The summed E-state index contributed by atoms with van der Waals surface area (Å²) < 4.78 is 35.7. The van der Waals surface area contributed by atoms with Crippen LogP contribution in [0.1, 0.15) is 41.7 Å². The van der Waals surface area contributed by atoms with Crippen LogP contribution in [0.3, 0.4) is 0 Å². The third kappa shape index (κ3) is 5.45. The second-order valence-electron chi connectivity index (χ2n) is 11.1. The number of benzene rings is 2. The van der Waals surface area contributed by atoms with Gasteiger partial charge in [-0.05, 0) is 61.7 Å². The van der Waals surface area contributed by atoms with Gasteiger partial charge in [0.25, 0.3) is 11.5 Å². The summed E-state index contributed by atoms with van der Waals surface area (Å²) in [6.07, 6.45) is 1.97. The number of ether oxygens (including phenoxy) is 1. The Hall–Kier alpha value is -3.64. The maximum absolute atomic E-state index is 13.6. The van der Waals surface area contributed by atoms with Crippen molar-refractivity contribution in [3.63, 3.8) is 0 Å². The van der Waals surface area contributed by atoms with Crippen molar-refractivity contribution < 1.29 is 23.4 Å². The van der Waals surface area contributed by atoms with E-state index < -0.39 is 23.1 Å². The van der Waals surface area contributed by atoms with E-state index in [1.807, 2.05) is 31.2 Å². The number of amides is 1. The van der Waals surface area contributed by atoms with Crippen molar-refractivity contribution in [1.29, 1.82) is 0 Å². The van der Waals surface area contributed by atoms with Crippen LogP contribution in [-0.4, -0.2) is 68.0 Å². The number of rotatable bonds is 5. The fourth-order valence-electron chi connectivity index (χ4n) is 5.61. The second kappa shape index (κ2) is 11.2. The van der Waals surface area contributed by atoms with Crippen LogP contribution in [0, 0.1) is 11.6 Å². The number of carbonyl (C=O) groups is 1. The number of nitrogens with zero attached hydrogens (tertiary/aromatic N) is 4. The number of hydrogen-bond donors (Lipinski definition) is 2. The number of aliphatic hydroxyl groups is 1. The zero-order valence-electron chi connectivity index (χ0n) is 22.9. The molecule has 2 N–H and O–H groups in total. The van der Waals surface area contributed by atoms with Crippen molar-refractivity contribution in [2.24, 2.45) is 0 Å². The molecule has 42 heavy (non-hydrogen) atoms. The van der Waals surface area contributed by atoms with Crippen LogP contribution < -0.4 is 10.9 Å². The van der Waals surface area contributed by atoms with E-state index >= 15 is 0 Å². The van der Waals surface area contributed by atoms with Crippen molar-refractivity contribution in [3.05, 3.63) is 93.1 Å². The van der Waals surface area contributed by atoms with Gasteiger partial charge in [-0.1, -0.05) is 23.7 Å². The van der Waals surface area contributed by atoms with E-state index in [1.165, 1.54) is 21.9 Å². The lowest BCUT2D eigenvalue weighted by atomic mass is 9.91. The molecule has 2 aromatic carbocycles. The topological polar surface area (TPSA) is 102 Å². The van der Waals surface area contributed by atoms with Crippen molar-refractivity contribution in [2.45, 2.75) is 44.1 Å². The molecule has 2 atom stereocenters. The molecule has 0 spiro atoms. The molecule has 0 saturated carbocycles. The molecule has 2 fully saturated rings. The highest BCUT2D eigenvalue weighted by Crippen LogP contribution is 2.28. The van der Waals surface area contributed by atoms with Gasteiger partial charge >= 0.3 is 0 Å². The number of fused-ring (bicyclic) bond motifs is 1. The van der Waals surface area contributed by atoms with E-state index in [1.54, 1.807) is 10.6 Å². The zero-order valence-corrected chi connectivity index (χ0v) is 23.7. The van der Waals surface area contributed by atoms with Gasteiger partial charge in [0.15, 0.2) is 17.3 Å². The van der Waals surface area contributed by atoms with Gasteiger partial charge in [-0.2, -0.15) is 0 Å². The molecule has 1 amide bonds. The molecule has 2 aliphatic rings. The Morgan fingerprint density at radius 2 is 1.88 bits per heavy atom. The van der Waals surface area contributed by atoms with Crippen LogP contribution in [0.5, 0.6) is 0 Å². The lowest BCUT2D eigenvalue weighted by Gasteiger charge is -2.38. The average molecular weight is 598 g/mol. The monoisotopic (exact) mass is 597 g/mol. The first kappa shape index (κ1) is 28.5. The van der Waals surface area contributed by atoms with Gasteiger partial charge in [0, 0.05) is 30.9 Å². The maximum atomic E-state index is 13.6. The molecule has 0 bridgehead atoms. The largest absolute Gasteiger partial charge is 0.388 e. The molecule has 0 radical (unpaired) electrons. The highest BCUT2D eigenvalue weighted by molar-refractivity contribution is 6.31. The molecule has 220 valence electrons. The number of halogens is 3. The molecular formula is C30H30ClF2N5O4. The van der Waals surface area contributed by atoms with E-state index in [9.17, 15) is 23.5 Å². The molecular weight excluding hydrogens is 568 g/mol. The predicted octanol–water partition coefficient (Wildman–Crippen LogP) is 3.84. The molecule has 2 aliphatic heterocycles. The lowest BCUT2D eigenvalue weighted by Crippen LogP contribution is -2.49. The van der Waals surface area contributed by atoms with E-state index in [-0.39, 0.29) is 55.7 Å². The Morgan fingerprint density at radius 1 is 1.14 bits per heavy atom. The molecule has 0 aliphatic carbocycles. The summed E-state index contributed by atoms with van der Waals surface area (Å²) in [5.74, 6) is -2.56. The van der Waals surface area contributed by atoms with Crippen LogP contribution in [0.2, 0.25) is 5.15 Å². The average Bonchev–Trinajstić information content (AvgIpc) is 3.33. The lowest BCUT2D eigenvalue weighted by molar-refractivity contribution is -0.0299. The van der Waals surface area contributed by atoms with E-state index in [4.69, 9.17) is 16.3 Å². The van der Waals surface area contributed by atoms with Crippen LogP contribution in [0.25, 0.3) is 16.7 Å². The summed E-state index contributed by atoms with van der Waals surface area (Å²) in [5, 5.41) is 15.4. The third-order valence-electron chi connectivity index (χ3n) is 8.11. The SMILES string of the molecule is C[C@H]1CN[C@H](c2ccc(-n3c(Cl)cc4c(=O)n(CC5(O)CCN(C(=O)c6ccc(F)c(F)c6)CC5)cnc43)cc2)CO1. The molecule has 4 heterocycles. The molecule has 2 saturated heterocycles. The van der Waals surface area contributed by atoms with E-state index in [0.29, 0.717) is 22.8 Å². The summed E-state index contributed by atoms with van der Waals surface area (Å²) >= 11 is 6.58. The summed E-state index contributed by atoms with van der Waals surface area (Å²) in [5.41, 5.74) is 0.672. The van der Waals surface area contributed by atoms with Crippen LogP contribution in [0.15, 0.2) is 59.7 Å². The Labute approximate surface area is 245 Å². The van der Waals surface area contributed by atoms with Gasteiger partial charge in [-0.3, -0.25) is 18.7 Å². The van der Waals surface area contributed by atoms with Crippen molar-refractivity contribution in [2.75, 3.05) is 26.2 Å². The zero-order chi connectivity index (χ0) is 29.6. The molecule has 4 aromatic rings. The van der Waals surface area contributed by atoms with E-state index in [2.05, 4.69) is 10.3 Å². The number of carbonyl (C=O) groups excluding carboxylic acids is 1. The van der Waals surface area contributed by atoms with E-state index in [0.717, 1.165) is 29.9 Å². The van der Waals surface area contributed by atoms with Gasteiger partial charge in [0.2, 0.25) is 0 Å². The van der Waals surface area contributed by atoms with Crippen LogP contribution in [-0.2, 0) is 11.3 Å². The number of nitrogens with one attached hydrogen (secondary N) is 1. The number of piperidine rings is 1. The Morgan fingerprint density at radius 3 is 2.55 bits per heavy atom. The second-order valence-corrected chi connectivity index (χ2v) is 11.4. The summed E-state index contributed by atoms with van der Waals surface area (Å²) in [6.45, 7) is 3.76. The van der Waals surface area contributed by atoms with Crippen molar-refractivity contribution in [1.82, 2.24) is 24.3 Å². The summed E-state index contributed by atoms with van der Waals surface area (Å²) in [6, 6.07) is 12.5. The molecule has 0 unspecified atom stereocenters. The standard InChI is InChI=1S/C30H30ClF2N5O4/c1-18-14-34-25(15-42-18)19-2-5-21(6-3-19)38-26(31)13-22-27(38)35-17-37(29(22)40)16-30(41)8-10-36(11-9-30)28(39)20-4-7-23(32)24(33)12-20/h2-7,12-13,17-18,25,34,41H,8-11,14-16H2,1H3/t18-,25-/m0/s1. The van der Waals surface area contributed by atoms with Crippen molar-refractivity contribution in [3.8, 4) is 5.69 Å². The Balaban J connectivity index is 1.17. The quantitative estimate of drug-likeness (QED) is 0.363. The number of morpholine rings is 1. The third-order valence-corrected chi connectivity index (χ3v) is 8.38. The number of aromatic nitrogens is 3. The first-order chi connectivity index (χ1) is 20.1. The molecule has 6 rings (SSSR count). The first-order valence-corrected chi connectivity index (χ1v) is 14.2. The smallest absolute Gasteiger partial charge is 0.262 e. The first-order valence-electron chi connectivity index (χ1n) is 13.8. The van der Waals surface area contributed by atoms with Crippen LogP contribution in [0.4, 0.5) is 8.78 Å². The molecule has 9 nitrogen and oxygen atoms in total. The normalized spacial score (nSPS) is 20.6. The maximum Gasteiger partial charge on any atom is 0.262 e.